The zero-order chi connectivity index (χ0) is 22.9. The minimum atomic E-state index is -4.38. The highest BCUT2D eigenvalue weighted by Gasteiger charge is 2.40. The van der Waals surface area contributed by atoms with Crippen LogP contribution in [0.3, 0.4) is 0 Å². The van der Waals surface area contributed by atoms with Crippen molar-refractivity contribution in [2.24, 2.45) is 0 Å². The molecule has 1 aliphatic heterocycles. The topological polar surface area (TPSA) is 148 Å². The third kappa shape index (κ3) is 4.08. The number of carbonyl (C=O) groups is 1. The van der Waals surface area contributed by atoms with Crippen LogP contribution < -0.4 is 20.7 Å². The van der Waals surface area contributed by atoms with E-state index in [-0.39, 0.29) is 18.7 Å². The zero-order valence-corrected chi connectivity index (χ0v) is 18.3. The third-order valence-corrected chi connectivity index (χ3v) is 7.24. The number of carbonyl (C=O) groups excluding carboxylic acids is 1. The number of nitrogens with zero attached hydrogens (tertiary/aromatic N) is 1. The predicted octanol–water partition coefficient (Wildman–Crippen LogP) is 0.240. The van der Waals surface area contributed by atoms with Gasteiger partial charge >= 0.3 is 11.7 Å². The van der Waals surface area contributed by atoms with E-state index < -0.39 is 38.2 Å². The quantitative estimate of drug-likeness (QED) is 0.591. The monoisotopic (exact) mass is 453 g/mol. The Hall–Kier alpha value is -3.12. The van der Waals surface area contributed by atoms with E-state index in [1.165, 1.54) is 28.3 Å². The number of sulfonamides is 1. The molecule has 1 aromatic carbocycles. The van der Waals surface area contributed by atoms with Crippen molar-refractivity contribution < 1.29 is 27.4 Å². The fraction of sp³-hybridized carbons (Fsp3) is 0.421. The van der Waals surface area contributed by atoms with Gasteiger partial charge in [-0.1, -0.05) is 0 Å². The Morgan fingerprint density at radius 3 is 2.35 bits per heavy atom. The largest absolute Gasteiger partial charge is 0.493 e. The summed E-state index contributed by atoms with van der Waals surface area (Å²) in [6, 6.07) is 2.40. The Labute approximate surface area is 178 Å². The number of hydrogen-bond acceptors (Lipinski definition) is 8. The number of aromatic amines is 2. The fourth-order valence-corrected chi connectivity index (χ4v) is 5.57. The first kappa shape index (κ1) is 22.6. The van der Waals surface area contributed by atoms with Crippen LogP contribution in [0.15, 0.2) is 26.6 Å². The number of methoxy groups -OCH3 is 3. The van der Waals surface area contributed by atoms with E-state index in [1.54, 1.807) is 12.1 Å². The summed E-state index contributed by atoms with van der Waals surface area (Å²) in [7, 11) is -0.245. The van der Waals surface area contributed by atoms with E-state index in [2.05, 4.69) is 4.98 Å². The first-order chi connectivity index (χ1) is 14.6. The predicted molar refractivity (Wildman–Crippen MR) is 109 cm³/mol. The smallest absolute Gasteiger partial charge is 0.325 e. The van der Waals surface area contributed by atoms with Crippen molar-refractivity contribution in [3.05, 3.63) is 49.8 Å². The van der Waals surface area contributed by atoms with Crippen molar-refractivity contribution in [2.45, 2.75) is 30.7 Å². The van der Waals surface area contributed by atoms with Gasteiger partial charge in [-0.3, -0.25) is 14.6 Å². The molecule has 1 atom stereocenters. The minimum Gasteiger partial charge on any atom is -0.493 e. The van der Waals surface area contributed by atoms with Crippen LogP contribution >= 0.6 is 0 Å². The standard InChI is InChI=1S/C19H23N3O8S/c1-10-17(18(24)21-19(25)20-10)31(26,27)22-6-5-11-7-14(28-2)15(29-3)8-12(11)13(22)9-16(23)30-4/h7-8,13H,5-6,9H2,1-4H3,(H2,20,21,24,25). The van der Waals surface area contributed by atoms with Crippen molar-refractivity contribution in [1.29, 1.82) is 0 Å². The molecule has 0 saturated carbocycles. The third-order valence-electron chi connectivity index (χ3n) is 5.18. The molecule has 0 bridgehead atoms. The van der Waals surface area contributed by atoms with Crippen LogP contribution in [0.2, 0.25) is 0 Å². The van der Waals surface area contributed by atoms with E-state index in [4.69, 9.17) is 14.2 Å². The molecular formula is C19H23N3O8S. The number of rotatable bonds is 6. The number of benzene rings is 1. The van der Waals surface area contributed by atoms with Gasteiger partial charge in [-0.05, 0) is 36.6 Å². The van der Waals surface area contributed by atoms with Crippen LogP contribution in [-0.2, 0) is 26.0 Å². The lowest BCUT2D eigenvalue weighted by molar-refractivity contribution is -0.141. The highest BCUT2D eigenvalue weighted by molar-refractivity contribution is 7.89. The highest BCUT2D eigenvalue weighted by Crippen LogP contribution is 2.41. The van der Waals surface area contributed by atoms with Gasteiger partial charge in [-0.15, -0.1) is 0 Å². The van der Waals surface area contributed by atoms with Gasteiger partial charge in [0.25, 0.3) is 15.6 Å². The van der Waals surface area contributed by atoms with Crippen molar-refractivity contribution in [1.82, 2.24) is 14.3 Å². The van der Waals surface area contributed by atoms with Gasteiger partial charge in [0.15, 0.2) is 16.4 Å². The Kier molecular flexibility index (Phi) is 6.23. The molecular weight excluding hydrogens is 430 g/mol. The summed E-state index contributed by atoms with van der Waals surface area (Å²) >= 11 is 0. The number of nitrogens with one attached hydrogen (secondary N) is 2. The molecule has 1 aromatic heterocycles. The summed E-state index contributed by atoms with van der Waals surface area (Å²) in [5.74, 6) is 0.218. The fourth-order valence-electron chi connectivity index (χ4n) is 3.76. The molecule has 11 nitrogen and oxygen atoms in total. The first-order valence-electron chi connectivity index (χ1n) is 9.30. The summed E-state index contributed by atoms with van der Waals surface area (Å²) in [5.41, 5.74) is -0.616. The first-order valence-corrected chi connectivity index (χ1v) is 10.7. The number of esters is 1. The summed E-state index contributed by atoms with van der Waals surface area (Å²) in [4.78, 5) is 39.7. The SMILES string of the molecule is COC(=O)CC1c2cc(OC)c(OC)cc2CCN1S(=O)(=O)c1c(C)[nH]c(=O)[nH]c1=O. The van der Waals surface area contributed by atoms with Crippen LogP contribution in [0, 0.1) is 6.92 Å². The van der Waals surface area contributed by atoms with Crippen molar-refractivity contribution >= 4 is 16.0 Å². The molecule has 2 heterocycles. The van der Waals surface area contributed by atoms with Gasteiger partial charge in [0.05, 0.1) is 33.8 Å². The Balaban J connectivity index is 2.20. The van der Waals surface area contributed by atoms with Gasteiger partial charge in [-0.2, -0.15) is 4.31 Å². The van der Waals surface area contributed by atoms with Gasteiger partial charge in [-0.25, -0.2) is 13.2 Å². The summed E-state index contributed by atoms with van der Waals surface area (Å²) < 4.78 is 43.5. The van der Waals surface area contributed by atoms with E-state index >= 15 is 0 Å². The summed E-state index contributed by atoms with van der Waals surface area (Å²) in [6.07, 6.45) is 0.0331. The number of hydrogen-bond donors (Lipinski definition) is 2. The summed E-state index contributed by atoms with van der Waals surface area (Å²) in [6.45, 7) is 1.33. The van der Waals surface area contributed by atoms with Crippen molar-refractivity contribution in [3.63, 3.8) is 0 Å². The molecule has 0 fully saturated rings. The lowest BCUT2D eigenvalue weighted by Crippen LogP contribution is -2.44. The number of aromatic nitrogens is 2. The van der Waals surface area contributed by atoms with Gasteiger partial charge in [0.2, 0.25) is 0 Å². The lowest BCUT2D eigenvalue weighted by atomic mass is 9.91. The Morgan fingerprint density at radius 2 is 1.77 bits per heavy atom. The molecule has 0 radical (unpaired) electrons. The van der Waals surface area contributed by atoms with Crippen LogP contribution in [0.5, 0.6) is 11.5 Å². The second-order valence-corrected chi connectivity index (χ2v) is 8.76. The highest BCUT2D eigenvalue weighted by atomic mass is 32.2. The van der Waals surface area contributed by atoms with Crippen molar-refractivity contribution in [2.75, 3.05) is 27.9 Å². The number of aryl methyl sites for hydroxylation is 1. The van der Waals surface area contributed by atoms with Crippen LogP contribution in [0.1, 0.15) is 29.3 Å². The maximum absolute atomic E-state index is 13.5. The molecule has 1 aliphatic rings. The summed E-state index contributed by atoms with van der Waals surface area (Å²) in [5, 5.41) is 0. The van der Waals surface area contributed by atoms with E-state index in [9.17, 15) is 22.8 Å². The normalized spacial score (nSPS) is 16.5. The van der Waals surface area contributed by atoms with E-state index in [0.29, 0.717) is 23.5 Å². The Morgan fingerprint density at radius 1 is 1.13 bits per heavy atom. The molecule has 168 valence electrons. The van der Waals surface area contributed by atoms with Gasteiger partial charge < -0.3 is 19.2 Å². The number of ether oxygens (including phenoxy) is 3. The minimum absolute atomic E-state index is 0.00445. The Bertz CT molecular complexity index is 1230. The number of H-pyrrole nitrogens is 2. The molecule has 3 rings (SSSR count). The average Bonchev–Trinajstić information content (AvgIpc) is 2.71. The maximum Gasteiger partial charge on any atom is 0.325 e. The molecule has 0 saturated heterocycles. The number of fused-ring (bicyclic) bond motifs is 1. The molecule has 1 unspecified atom stereocenters. The van der Waals surface area contributed by atoms with Crippen LogP contribution in [-0.4, -0.2) is 56.5 Å². The average molecular weight is 453 g/mol. The molecule has 0 spiro atoms. The van der Waals surface area contributed by atoms with Crippen LogP contribution in [0.4, 0.5) is 0 Å². The molecule has 0 aliphatic carbocycles. The zero-order valence-electron chi connectivity index (χ0n) is 17.5. The second-order valence-electron chi connectivity index (χ2n) is 6.93. The lowest BCUT2D eigenvalue weighted by Gasteiger charge is -2.36. The van der Waals surface area contributed by atoms with E-state index in [1.807, 2.05) is 4.98 Å². The van der Waals surface area contributed by atoms with Gasteiger partial charge in [0.1, 0.15) is 0 Å². The van der Waals surface area contributed by atoms with Gasteiger partial charge in [0, 0.05) is 12.2 Å². The van der Waals surface area contributed by atoms with Crippen LogP contribution in [0.25, 0.3) is 0 Å². The molecule has 2 N–H and O–H groups in total. The van der Waals surface area contributed by atoms with Crippen molar-refractivity contribution in [3.8, 4) is 11.5 Å². The molecule has 31 heavy (non-hydrogen) atoms. The molecule has 2 aromatic rings. The maximum atomic E-state index is 13.5. The molecule has 12 heteroatoms. The van der Waals surface area contributed by atoms with E-state index in [0.717, 1.165) is 9.87 Å². The molecule has 0 amide bonds. The second kappa shape index (κ2) is 8.55.